The molecule has 4 rings (SSSR count). The van der Waals surface area contributed by atoms with Crippen LogP contribution in [0.4, 0.5) is 0 Å². The molecule has 0 saturated carbocycles. The number of hydrogen-bond donors (Lipinski definition) is 0. The first-order chi connectivity index (χ1) is 15.1. The molecule has 0 radical (unpaired) electrons. The van der Waals surface area contributed by atoms with E-state index in [0.717, 1.165) is 11.1 Å². The second-order valence-corrected chi connectivity index (χ2v) is 7.11. The van der Waals surface area contributed by atoms with Crippen molar-refractivity contribution in [3.8, 4) is 11.5 Å². The van der Waals surface area contributed by atoms with E-state index in [-0.39, 0.29) is 37.4 Å². The number of ether oxygens (including phenoxy) is 2. The Balaban J connectivity index is 1.65. The Labute approximate surface area is 180 Å². The number of nitrogens with zero attached hydrogens (tertiary/aromatic N) is 1. The lowest BCUT2D eigenvalue weighted by atomic mass is 10.1. The smallest absolute Gasteiger partial charge is 0.271 e. The summed E-state index contributed by atoms with van der Waals surface area (Å²) in [6.07, 6.45) is 0.0734. The molecular formula is C25H21NO5. The summed E-state index contributed by atoms with van der Waals surface area (Å²) in [6.45, 7) is 0.483. The van der Waals surface area contributed by atoms with Crippen molar-refractivity contribution in [2.24, 2.45) is 0 Å². The van der Waals surface area contributed by atoms with Crippen LogP contribution < -0.4 is 9.47 Å². The second kappa shape index (κ2) is 9.26. The molecule has 1 heterocycles. The molecule has 0 aromatic heterocycles. The number of imide groups is 3. The lowest BCUT2D eigenvalue weighted by Gasteiger charge is -2.18. The van der Waals surface area contributed by atoms with Crippen LogP contribution in [-0.4, -0.2) is 22.6 Å². The van der Waals surface area contributed by atoms with Gasteiger partial charge in [0.1, 0.15) is 13.2 Å². The molecule has 31 heavy (non-hydrogen) atoms. The maximum atomic E-state index is 13.1. The molecule has 3 aromatic rings. The van der Waals surface area contributed by atoms with Gasteiger partial charge in [-0.05, 0) is 23.3 Å². The van der Waals surface area contributed by atoms with E-state index in [9.17, 15) is 14.4 Å². The zero-order valence-electron chi connectivity index (χ0n) is 16.8. The van der Waals surface area contributed by atoms with Crippen molar-refractivity contribution in [2.75, 3.05) is 0 Å². The van der Waals surface area contributed by atoms with Gasteiger partial charge in [0.25, 0.3) is 5.91 Å². The van der Waals surface area contributed by atoms with Gasteiger partial charge in [-0.3, -0.25) is 14.4 Å². The van der Waals surface area contributed by atoms with Gasteiger partial charge in [-0.25, -0.2) is 4.90 Å². The van der Waals surface area contributed by atoms with Crippen molar-refractivity contribution < 1.29 is 23.9 Å². The van der Waals surface area contributed by atoms with Gasteiger partial charge < -0.3 is 9.47 Å². The molecule has 1 aliphatic heterocycles. The Bertz CT molecular complexity index is 1080. The molecule has 6 nitrogen and oxygen atoms in total. The zero-order valence-corrected chi connectivity index (χ0v) is 16.8. The first-order valence-corrected chi connectivity index (χ1v) is 10.00. The minimum atomic E-state index is -0.694. The highest BCUT2D eigenvalue weighted by Crippen LogP contribution is 2.34. The molecule has 1 aliphatic rings. The number of amides is 3. The summed E-state index contributed by atoms with van der Waals surface area (Å²) in [5.74, 6) is -1.12. The van der Waals surface area contributed by atoms with Crippen molar-refractivity contribution >= 4 is 17.7 Å². The Morgan fingerprint density at radius 2 is 1.26 bits per heavy atom. The molecule has 156 valence electrons. The Morgan fingerprint density at radius 3 is 1.84 bits per heavy atom. The van der Waals surface area contributed by atoms with Gasteiger partial charge in [-0.2, -0.15) is 0 Å². The van der Waals surface area contributed by atoms with Crippen LogP contribution in [0.3, 0.4) is 0 Å². The molecule has 1 saturated heterocycles. The van der Waals surface area contributed by atoms with Crippen LogP contribution in [0.25, 0.3) is 0 Å². The van der Waals surface area contributed by atoms with E-state index in [4.69, 9.17) is 9.47 Å². The van der Waals surface area contributed by atoms with Crippen LogP contribution in [0.5, 0.6) is 11.5 Å². The van der Waals surface area contributed by atoms with Gasteiger partial charge in [-0.1, -0.05) is 66.7 Å². The molecule has 0 unspecified atom stereocenters. The maximum Gasteiger partial charge on any atom is 0.271 e. The van der Waals surface area contributed by atoms with E-state index >= 15 is 0 Å². The van der Waals surface area contributed by atoms with Gasteiger partial charge >= 0.3 is 0 Å². The summed E-state index contributed by atoms with van der Waals surface area (Å²) in [5, 5.41) is 0. The Morgan fingerprint density at radius 1 is 0.710 bits per heavy atom. The van der Waals surface area contributed by atoms with Crippen LogP contribution in [0, 0.1) is 0 Å². The average molecular weight is 415 g/mol. The lowest BCUT2D eigenvalue weighted by molar-refractivity contribution is -0.134. The third kappa shape index (κ3) is 4.64. The van der Waals surface area contributed by atoms with Gasteiger partial charge in [0.2, 0.25) is 11.8 Å². The number of carbonyl (C=O) groups excluding carboxylic acids is 3. The van der Waals surface area contributed by atoms with E-state index in [0.29, 0.717) is 10.6 Å². The third-order valence-electron chi connectivity index (χ3n) is 4.93. The number of benzene rings is 3. The van der Waals surface area contributed by atoms with E-state index < -0.39 is 17.7 Å². The standard InChI is InChI=1S/C25H21NO5/c27-22-14-15-23(28)26(22)25(29)20-12-7-13-21(30-16-18-8-3-1-4-9-18)24(20)31-17-19-10-5-2-6-11-19/h1-13H,14-17H2. The summed E-state index contributed by atoms with van der Waals surface area (Å²) in [4.78, 5) is 38.0. The molecule has 0 spiro atoms. The summed E-state index contributed by atoms with van der Waals surface area (Å²) in [6, 6.07) is 24.0. The van der Waals surface area contributed by atoms with Crippen molar-refractivity contribution in [3.05, 3.63) is 95.6 Å². The largest absolute Gasteiger partial charge is 0.485 e. The fraction of sp³-hybridized carbons (Fsp3) is 0.160. The first kappa shape index (κ1) is 20.3. The fourth-order valence-corrected chi connectivity index (χ4v) is 3.34. The maximum absolute atomic E-state index is 13.1. The summed E-state index contributed by atoms with van der Waals surface area (Å²) in [5.41, 5.74) is 1.98. The molecule has 3 amide bonds. The fourth-order valence-electron chi connectivity index (χ4n) is 3.34. The Hall–Kier alpha value is -3.93. The van der Waals surface area contributed by atoms with Gasteiger partial charge in [0.05, 0.1) is 5.56 Å². The number of rotatable bonds is 7. The predicted molar refractivity (Wildman–Crippen MR) is 113 cm³/mol. The second-order valence-electron chi connectivity index (χ2n) is 7.11. The highest BCUT2D eigenvalue weighted by Gasteiger charge is 2.36. The van der Waals surface area contributed by atoms with Crippen LogP contribution in [0.15, 0.2) is 78.9 Å². The van der Waals surface area contributed by atoms with Gasteiger partial charge in [0, 0.05) is 12.8 Å². The lowest BCUT2D eigenvalue weighted by Crippen LogP contribution is -2.35. The van der Waals surface area contributed by atoms with E-state index in [1.165, 1.54) is 6.07 Å². The van der Waals surface area contributed by atoms with Crippen molar-refractivity contribution in [1.82, 2.24) is 4.90 Å². The molecule has 0 atom stereocenters. The highest BCUT2D eigenvalue weighted by molar-refractivity contribution is 6.20. The van der Waals surface area contributed by atoms with Crippen LogP contribution in [0.1, 0.15) is 34.3 Å². The van der Waals surface area contributed by atoms with Crippen molar-refractivity contribution in [2.45, 2.75) is 26.1 Å². The van der Waals surface area contributed by atoms with Crippen LogP contribution in [0.2, 0.25) is 0 Å². The van der Waals surface area contributed by atoms with Gasteiger partial charge in [-0.15, -0.1) is 0 Å². The van der Waals surface area contributed by atoms with Crippen molar-refractivity contribution in [3.63, 3.8) is 0 Å². The minimum Gasteiger partial charge on any atom is -0.485 e. The molecule has 0 aliphatic carbocycles. The summed E-state index contributed by atoms with van der Waals surface area (Å²) < 4.78 is 12.0. The zero-order chi connectivity index (χ0) is 21.6. The van der Waals surface area contributed by atoms with Crippen LogP contribution in [-0.2, 0) is 22.8 Å². The summed E-state index contributed by atoms with van der Waals surface area (Å²) >= 11 is 0. The normalized spacial score (nSPS) is 13.4. The van der Waals surface area contributed by atoms with Gasteiger partial charge in [0.15, 0.2) is 11.5 Å². The van der Waals surface area contributed by atoms with Crippen LogP contribution >= 0.6 is 0 Å². The highest BCUT2D eigenvalue weighted by atomic mass is 16.5. The monoisotopic (exact) mass is 415 g/mol. The molecule has 0 bridgehead atoms. The molecule has 6 heteroatoms. The number of para-hydroxylation sites is 1. The average Bonchev–Trinajstić information content (AvgIpc) is 3.15. The van der Waals surface area contributed by atoms with Crippen molar-refractivity contribution in [1.29, 1.82) is 0 Å². The number of likely N-dealkylation sites (tertiary alicyclic amines) is 1. The number of hydrogen-bond acceptors (Lipinski definition) is 5. The molecule has 3 aromatic carbocycles. The quantitative estimate of drug-likeness (QED) is 0.543. The Kier molecular flexibility index (Phi) is 6.08. The van der Waals surface area contributed by atoms with E-state index in [2.05, 4.69) is 0 Å². The minimum absolute atomic E-state index is 0.0367. The third-order valence-corrected chi connectivity index (χ3v) is 4.93. The summed E-state index contributed by atoms with van der Waals surface area (Å²) in [7, 11) is 0. The molecular weight excluding hydrogens is 394 g/mol. The predicted octanol–water partition coefficient (Wildman–Crippen LogP) is 4.13. The SMILES string of the molecule is O=C1CCC(=O)N1C(=O)c1cccc(OCc2ccccc2)c1OCc1ccccc1. The van der Waals surface area contributed by atoms with E-state index in [1.54, 1.807) is 12.1 Å². The topological polar surface area (TPSA) is 72.9 Å². The molecule has 1 fully saturated rings. The van der Waals surface area contributed by atoms with E-state index in [1.807, 2.05) is 60.7 Å². The first-order valence-electron chi connectivity index (χ1n) is 10.00. The number of carbonyl (C=O) groups is 3. The molecule has 0 N–H and O–H groups in total.